The number of nitrogens with zero attached hydrogens (tertiary/aromatic N) is 1. The number of nitrogens with two attached hydrogens (primary N) is 1. The first-order valence-electron chi connectivity index (χ1n) is 8.94. The number of carbonyl (C=O) groups excluding carboxylic acids is 2. The molecular formula is C20H18ClN3O3S. The van der Waals surface area contributed by atoms with Gasteiger partial charge in [-0.3, -0.25) is 9.59 Å². The molecule has 2 amide bonds. The average Bonchev–Trinajstić information content (AvgIpc) is 3.22. The van der Waals surface area contributed by atoms with Crippen molar-refractivity contribution in [3.8, 4) is 11.3 Å². The molecule has 6 nitrogen and oxygen atoms in total. The van der Waals surface area contributed by atoms with E-state index in [1.54, 1.807) is 25.1 Å². The van der Waals surface area contributed by atoms with Crippen LogP contribution in [0.5, 0.6) is 0 Å². The zero-order valence-corrected chi connectivity index (χ0v) is 16.7. The van der Waals surface area contributed by atoms with Crippen LogP contribution < -0.4 is 11.1 Å². The van der Waals surface area contributed by atoms with Gasteiger partial charge in [0.1, 0.15) is 22.0 Å². The maximum atomic E-state index is 13.1. The van der Waals surface area contributed by atoms with Crippen LogP contribution >= 0.6 is 22.9 Å². The summed E-state index contributed by atoms with van der Waals surface area (Å²) in [6, 6.07) is 7.11. The van der Waals surface area contributed by atoms with Crippen LogP contribution in [0.4, 0.5) is 5.00 Å². The zero-order chi connectivity index (χ0) is 19.8. The van der Waals surface area contributed by atoms with E-state index in [0.717, 1.165) is 36.1 Å². The van der Waals surface area contributed by atoms with E-state index in [4.69, 9.17) is 21.9 Å². The Labute approximate surface area is 170 Å². The number of benzene rings is 1. The van der Waals surface area contributed by atoms with Gasteiger partial charge in [0, 0.05) is 10.4 Å². The van der Waals surface area contributed by atoms with Crippen LogP contribution in [0.3, 0.4) is 0 Å². The summed E-state index contributed by atoms with van der Waals surface area (Å²) in [6.45, 7) is 1.66. The average molecular weight is 416 g/mol. The number of aromatic nitrogens is 1. The molecule has 0 bridgehead atoms. The molecule has 2 aromatic heterocycles. The quantitative estimate of drug-likeness (QED) is 0.650. The molecule has 1 aliphatic carbocycles. The predicted octanol–water partition coefficient (Wildman–Crippen LogP) is 4.59. The van der Waals surface area contributed by atoms with Crippen LogP contribution in [-0.2, 0) is 12.8 Å². The summed E-state index contributed by atoms with van der Waals surface area (Å²) >= 11 is 7.68. The lowest BCUT2D eigenvalue weighted by atomic mass is 9.95. The van der Waals surface area contributed by atoms with E-state index >= 15 is 0 Å². The predicted molar refractivity (Wildman–Crippen MR) is 109 cm³/mol. The van der Waals surface area contributed by atoms with Crippen molar-refractivity contribution in [3.63, 3.8) is 0 Å². The number of aryl methyl sites for hydroxylation is 2. The molecule has 0 saturated heterocycles. The lowest BCUT2D eigenvalue weighted by molar-refractivity contribution is 0.100. The second-order valence-electron chi connectivity index (χ2n) is 6.68. The van der Waals surface area contributed by atoms with E-state index < -0.39 is 11.8 Å². The van der Waals surface area contributed by atoms with Crippen LogP contribution in [0.2, 0.25) is 5.02 Å². The Kier molecular flexibility index (Phi) is 4.95. The Morgan fingerprint density at radius 2 is 1.96 bits per heavy atom. The third kappa shape index (κ3) is 3.21. The first kappa shape index (κ1) is 18.7. The number of thiophene rings is 1. The lowest BCUT2D eigenvalue weighted by Crippen LogP contribution is -2.19. The SMILES string of the molecule is Cc1onc(-c2ccccc2Cl)c1C(=O)Nc1sc2c(c1C(N)=O)CCCC2. The standard InChI is InChI=1S/C20H18ClN3O3S/c1-10-15(17(24-27-10)11-6-2-4-8-13(11)21)19(26)23-20-16(18(22)25)12-7-3-5-9-14(12)28-20/h2,4,6,8H,3,5,7,9H2,1H3,(H2,22,25)(H,23,26). The third-order valence-corrected chi connectivity index (χ3v) is 6.40. The van der Waals surface area contributed by atoms with Gasteiger partial charge in [0.2, 0.25) is 0 Å². The fraction of sp³-hybridized carbons (Fsp3) is 0.250. The first-order valence-corrected chi connectivity index (χ1v) is 10.1. The van der Waals surface area contributed by atoms with Crippen molar-refractivity contribution < 1.29 is 14.1 Å². The number of primary amides is 1. The zero-order valence-electron chi connectivity index (χ0n) is 15.2. The van der Waals surface area contributed by atoms with Crippen molar-refractivity contribution in [3.05, 3.63) is 56.6 Å². The number of amides is 2. The van der Waals surface area contributed by atoms with Gasteiger partial charge in [0.05, 0.1) is 10.6 Å². The molecule has 144 valence electrons. The highest BCUT2D eigenvalue weighted by Gasteiger charge is 2.28. The molecule has 0 atom stereocenters. The van der Waals surface area contributed by atoms with Crippen molar-refractivity contribution in [2.45, 2.75) is 32.6 Å². The highest BCUT2D eigenvalue weighted by atomic mass is 35.5. The molecule has 0 saturated carbocycles. The minimum Gasteiger partial charge on any atom is -0.365 e. The number of fused-ring (bicyclic) bond motifs is 1. The smallest absolute Gasteiger partial charge is 0.262 e. The topological polar surface area (TPSA) is 98.2 Å². The van der Waals surface area contributed by atoms with Gasteiger partial charge in [-0.15, -0.1) is 11.3 Å². The van der Waals surface area contributed by atoms with Gasteiger partial charge >= 0.3 is 0 Å². The number of hydrogen-bond donors (Lipinski definition) is 2. The molecule has 1 aromatic carbocycles. The second kappa shape index (κ2) is 7.41. The maximum absolute atomic E-state index is 13.1. The monoisotopic (exact) mass is 415 g/mol. The molecule has 1 aliphatic rings. The summed E-state index contributed by atoms with van der Waals surface area (Å²) in [5, 5.41) is 7.83. The number of carbonyl (C=O) groups is 2. The van der Waals surface area contributed by atoms with E-state index in [9.17, 15) is 9.59 Å². The fourth-order valence-corrected chi connectivity index (χ4v) is 5.07. The number of nitrogens with one attached hydrogen (secondary N) is 1. The Morgan fingerprint density at radius 3 is 2.71 bits per heavy atom. The van der Waals surface area contributed by atoms with Crippen LogP contribution in [0.1, 0.15) is 49.8 Å². The van der Waals surface area contributed by atoms with Gasteiger partial charge in [-0.25, -0.2) is 0 Å². The summed E-state index contributed by atoms with van der Waals surface area (Å²) < 4.78 is 5.27. The van der Waals surface area contributed by atoms with E-state index in [2.05, 4.69) is 10.5 Å². The van der Waals surface area contributed by atoms with Crippen LogP contribution in [0.25, 0.3) is 11.3 Å². The van der Waals surface area contributed by atoms with Gasteiger partial charge in [-0.05, 0) is 44.2 Å². The number of hydrogen-bond acceptors (Lipinski definition) is 5. The van der Waals surface area contributed by atoms with Gasteiger partial charge in [-0.1, -0.05) is 35.0 Å². The molecule has 0 radical (unpaired) electrons. The van der Waals surface area contributed by atoms with Crippen LogP contribution in [0.15, 0.2) is 28.8 Å². The van der Waals surface area contributed by atoms with Crippen molar-refractivity contribution in [2.24, 2.45) is 5.73 Å². The number of rotatable bonds is 4. The Hall–Kier alpha value is -2.64. The first-order chi connectivity index (χ1) is 13.5. The second-order valence-corrected chi connectivity index (χ2v) is 8.19. The van der Waals surface area contributed by atoms with Crippen molar-refractivity contribution in [2.75, 3.05) is 5.32 Å². The summed E-state index contributed by atoms with van der Waals surface area (Å²) in [5.74, 6) is -0.563. The third-order valence-electron chi connectivity index (χ3n) is 4.86. The highest BCUT2D eigenvalue weighted by molar-refractivity contribution is 7.17. The molecule has 28 heavy (non-hydrogen) atoms. The summed E-state index contributed by atoms with van der Waals surface area (Å²) in [7, 11) is 0. The molecular weight excluding hydrogens is 398 g/mol. The van der Waals surface area contributed by atoms with Crippen molar-refractivity contribution in [1.29, 1.82) is 0 Å². The largest absolute Gasteiger partial charge is 0.365 e. The van der Waals surface area contributed by atoms with E-state index in [0.29, 0.717) is 32.6 Å². The molecule has 0 aliphatic heterocycles. The molecule has 4 rings (SSSR count). The summed E-state index contributed by atoms with van der Waals surface area (Å²) in [5.41, 5.74) is 8.25. The number of anilines is 1. The molecule has 0 fully saturated rings. The lowest BCUT2D eigenvalue weighted by Gasteiger charge is -2.11. The Balaban J connectivity index is 1.73. The number of halogens is 1. The summed E-state index contributed by atoms with van der Waals surface area (Å²) in [4.78, 5) is 26.3. The molecule has 8 heteroatoms. The van der Waals surface area contributed by atoms with Crippen LogP contribution in [-0.4, -0.2) is 17.0 Å². The van der Waals surface area contributed by atoms with E-state index in [-0.39, 0.29) is 5.56 Å². The highest BCUT2D eigenvalue weighted by Crippen LogP contribution is 2.39. The minimum absolute atomic E-state index is 0.287. The van der Waals surface area contributed by atoms with E-state index in [1.807, 2.05) is 6.07 Å². The minimum atomic E-state index is -0.525. The summed E-state index contributed by atoms with van der Waals surface area (Å²) in [6.07, 6.45) is 3.78. The van der Waals surface area contributed by atoms with Crippen molar-refractivity contribution in [1.82, 2.24) is 5.16 Å². The Bertz CT molecular complexity index is 1090. The normalized spacial score (nSPS) is 13.2. The van der Waals surface area contributed by atoms with Gasteiger partial charge in [0.15, 0.2) is 0 Å². The molecule has 0 unspecified atom stereocenters. The maximum Gasteiger partial charge on any atom is 0.262 e. The fourth-order valence-electron chi connectivity index (χ4n) is 3.56. The van der Waals surface area contributed by atoms with Crippen molar-refractivity contribution >= 4 is 39.8 Å². The Morgan fingerprint density at radius 1 is 1.21 bits per heavy atom. The van der Waals surface area contributed by atoms with E-state index in [1.165, 1.54) is 11.3 Å². The molecule has 0 spiro atoms. The van der Waals surface area contributed by atoms with Gasteiger partial charge < -0.3 is 15.6 Å². The van der Waals surface area contributed by atoms with Gasteiger partial charge in [0.25, 0.3) is 11.8 Å². The van der Waals surface area contributed by atoms with Gasteiger partial charge in [-0.2, -0.15) is 0 Å². The molecule has 2 heterocycles. The molecule has 3 aromatic rings. The van der Waals surface area contributed by atoms with Crippen LogP contribution in [0, 0.1) is 6.92 Å². The molecule has 3 N–H and O–H groups in total.